The van der Waals surface area contributed by atoms with E-state index < -0.39 is 31.6 Å². The molecule has 10 nitrogen and oxygen atoms in total. The minimum Gasteiger partial charge on any atom is -0.465 e. The fourth-order valence-corrected chi connectivity index (χ4v) is 7.33. The van der Waals surface area contributed by atoms with Crippen molar-refractivity contribution in [1.29, 1.82) is 0 Å². The molecule has 0 saturated carbocycles. The van der Waals surface area contributed by atoms with Crippen LogP contribution in [-0.2, 0) is 50.1 Å². The molecule has 0 saturated heterocycles. The lowest BCUT2D eigenvalue weighted by Gasteiger charge is -2.18. The molecule has 0 spiro atoms. The van der Waals surface area contributed by atoms with Crippen molar-refractivity contribution in [3.8, 4) is 0 Å². The van der Waals surface area contributed by atoms with Gasteiger partial charge < -0.3 is 16.2 Å². The Balaban J connectivity index is 0.000000222. The summed E-state index contributed by atoms with van der Waals surface area (Å²) in [7, 11) is -5.70. The van der Waals surface area contributed by atoms with E-state index in [9.17, 15) is 26.4 Å². The van der Waals surface area contributed by atoms with E-state index in [-0.39, 0.29) is 21.3 Å². The molecule has 2 aliphatic heterocycles. The number of hydrogen-bond donors (Lipinski definition) is 2. The molecule has 2 heterocycles. The van der Waals surface area contributed by atoms with Crippen LogP contribution in [0.5, 0.6) is 0 Å². The SMILES string of the molecule is CCc1cc2c(cc1C(=O)N=C(N)N)S(=O)(=O)C(C)=CC2.CCc1cc2c(cc1C(=O)OC)S(=O)(=O)C(C)=CC2. The number of benzene rings is 2. The van der Waals surface area contributed by atoms with Gasteiger partial charge in [-0.25, -0.2) is 21.6 Å². The fourth-order valence-electron chi connectivity index (χ4n) is 4.51. The van der Waals surface area contributed by atoms with E-state index in [4.69, 9.17) is 16.2 Å². The summed E-state index contributed by atoms with van der Waals surface area (Å²) in [5.74, 6) is -1.47. The van der Waals surface area contributed by atoms with E-state index >= 15 is 0 Å². The number of sulfone groups is 2. The van der Waals surface area contributed by atoms with Crippen LogP contribution in [0.1, 0.15) is 70.7 Å². The summed E-state index contributed by atoms with van der Waals surface area (Å²) in [5, 5.41) is 0. The van der Waals surface area contributed by atoms with Gasteiger partial charge in [0, 0.05) is 15.4 Å². The minimum atomic E-state index is -3.53. The highest BCUT2D eigenvalue weighted by Gasteiger charge is 2.28. The molecule has 0 atom stereocenters. The number of fused-ring (bicyclic) bond motifs is 2. The smallest absolute Gasteiger partial charge is 0.338 e. The summed E-state index contributed by atoms with van der Waals surface area (Å²) < 4.78 is 53.9. The van der Waals surface area contributed by atoms with Gasteiger partial charge in [-0.15, -0.1) is 0 Å². The Hall–Kier alpha value is -3.77. The number of aliphatic imine (C=N–C) groups is 1. The van der Waals surface area contributed by atoms with E-state index in [0.29, 0.717) is 46.6 Å². The Bertz CT molecular complexity index is 1700. The van der Waals surface area contributed by atoms with Crippen LogP contribution in [0, 0.1) is 0 Å². The molecule has 1 amide bonds. The Morgan fingerprint density at radius 3 is 1.62 bits per heavy atom. The predicted octanol–water partition coefficient (Wildman–Crippen LogP) is 3.17. The van der Waals surface area contributed by atoms with Crippen molar-refractivity contribution in [3.05, 3.63) is 79.6 Å². The van der Waals surface area contributed by atoms with E-state index in [1.54, 1.807) is 38.1 Å². The molecule has 40 heavy (non-hydrogen) atoms. The van der Waals surface area contributed by atoms with Crippen molar-refractivity contribution < 1.29 is 31.2 Å². The van der Waals surface area contributed by atoms with Gasteiger partial charge in [-0.2, -0.15) is 4.99 Å². The first-order chi connectivity index (χ1) is 18.7. The quantitative estimate of drug-likeness (QED) is 0.309. The number of allylic oxidation sites excluding steroid dienone is 4. The zero-order valence-corrected chi connectivity index (χ0v) is 24.7. The summed E-state index contributed by atoms with van der Waals surface area (Å²) >= 11 is 0. The van der Waals surface area contributed by atoms with Crippen LogP contribution >= 0.6 is 0 Å². The summed E-state index contributed by atoms with van der Waals surface area (Å²) in [5.41, 5.74) is 14.0. The number of nitrogens with zero attached hydrogens (tertiary/aromatic N) is 1. The molecule has 214 valence electrons. The van der Waals surface area contributed by atoms with Crippen LogP contribution in [0.4, 0.5) is 0 Å². The van der Waals surface area contributed by atoms with Gasteiger partial charge in [0.1, 0.15) is 0 Å². The van der Waals surface area contributed by atoms with E-state index in [0.717, 1.165) is 16.7 Å². The Morgan fingerprint density at radius 1 is 0.800 bits per heavy atom. The molecule has 0 bridgehead atoms. The predicted molar refractivity (Wildman–Crippen MR) is 152 cm³/mol. The van der Waals surface area contributed by atoms with Crippen LogP contribution in [0.25, 0.3) is 0 Å². The fraction of sp³-hybridized carbons (Fsp3) is 0.321. The summed E-state index contributed by atoms with van der Waals surface area (Å²) in [6.45, 7) is 6.92. The van der Waals surface area contributed by atoms with Gasteiger partial charge in [0.05, 0.1) is 22.5 Å². The van der Waals surface area contributed by atoms with Gasteiger partial charge in [0.2, 0.25) is 19.7 Å². The molecule has 0 unspecified atom stereocenters. The van der Waals surface area contributed by atoms with Gasteiger partial charge in [-0.05, 0) is 73.9 Å². The molecule has 2 aromatic rings. The number of aryl methyl sites for hydroxylation is 2. The number of guanidine groups is 1. The van der Waals surface area contributed by atoms with Crippen molar-refractivity contribution in [2.75, 3.05) is 7.11 Å². The molecular weight excluding hydrogens is 554 g/mol. The van der Waals surface area contributed by atoms with E-state index in [1.165, 1.54) is 19.2 Å². The third-order valence-corrected chi connectivity index (χ3v) is 10.8. The first-order valence-corrected chi connectivity index (χ1v) is 15.5. The maximum absolute atomic E-state index is 12.3. The summed E-state index contributed by atoms with van der Waals surface area (Å²) in [6.07, 6.45) is 5.72. The number of esters is 1. The highest BCUT2D eigenvalue weighted by Crippen LogP contribution is 2.33. The number of methoxy groups -OCH3 is 1. The standard InChI is InChI=1S/C14H17N3O3S.C14H16O4S/c1-3-9-6-10-5-4-8(2)21(19,20)12(10)7-11(9)13(18)17-14(15)16;1-4-10-7-11-6-5-9(2)19(16,17)13(11)8-12(10)14(15)18-3/h4,6-7H,3,5H2,1-2H3,(H4,15,16,17,18);5,7-8H,4,6H2,1-3H3. The van der Waals surface area contributed by atoms with Crippen molar-refractivity contribution >= 4 is 37.5 Å². The second-order valence-corrected chi connectivity index (χ2v) is 13.5. The number of hydrogen-bond acceptors (Lipinski definition) is 7. The van der Waals surface area contributed by atoms with Crippen molar-refractivity contribution in [1.82, 2.24) is 0 Å². The Kier molecular flexibility index (Phi) is 9.05. The third-order valence-electron chi connectivity index (χ3n) is 6.85. The lowest BCUT2D eigenvalue weighted by Crippen LogP contribution is -2.24. The highest BCUT2D eigenvalue weighted by atomic mass is 32.2. The first kappa shape index (κ1) is 30.8. The number of carbonyl (C=O) groups is 2. The van der Waals surface area contributed by atoms with Crippen molar-refractivity contribution in [2.45, 2.75) is 63.2 Å². The van der Waals surface area contributed by atoms with Gasteiger partial charge >= 0.3 is 5.97 Å². The monoisotopic (exact) mass is 587 g/mol. The average Bonchev–Trinajstić information content (AvgIpc) is 2.91. The van der Waals surface area contributed by atoms with E-state index in [1.807, 2.05) is 13.8 Å². The molecule has 2 aromatic carbocycles. The molecule has 2 aliphatic rings. The van der Waals surface area contributed by atoms with Gasteiger partial charge in [0.15, 0.2) is 5.96 Å². The molecule has 0 radical (unpaired) electrons. The Labute approximate surface area is 234 Å². The van der Waals surface area contributed by atoms with Gasteiger partial charge in [-0.3, -0.25) is 4.79 Å². The average molecular weight is 588 g/mol. The molecule has 4 N–H and O–H groups in total. The molecule has 0 fully saturated rings. The second-order valence-electron chi connectivity index (χ2n) is 9.32. The number of carbonyl (C=O) groups excluding carboxylic acids is 2. The topological polar surface area (TPSA) is 176 Å². The first-order valence-electron chi connectivity index (χ1n) is 12.6. The Morgan fingerprint density at radius 2 is 1.23 bits per heavy atom. The largest absolute Gasteiger partial charge is 0.465 e. The van der Waals surface area contributed by atoms with Crippen LogP contribution in [0.15, 0.2) is 61.0 Å². The van der Waals surface area contributed by atoms with Gasteiger partial charge in [0.25, 0.3) is 5.91 Å². The number of rotatable bonds is 4. The third kappa shape index (κ3) is 5.87. The van der Waals surface area contributed by atoms with Crippen LogP contribution in [0.2, 0.25) is 0 Å². The molecular formula is C28H33N3O7S2. The second kappa shape index (κ2) is 11.8. The number of nitrogens with two attached hydrogens (primary N) is 2. The zero-order valence-electron chi connectivity index (χ0n) is 23.1. The molecule has 12 heteroatoms. The van der Waals surface area contributed by atoms with Crippen molar-refractivity contribution in [3.63, 3.8) is 0 Å². The van der Waals surface area contributed by atoms with Crippen molar-refractivity contribution in [2.24, 2.45) is 16.5 Å². The highest BCUT2D eigenvalue weighted by molar-refractivity contribution is 7.95. The maximum Gasteiger partial charge on any atom is 0.338 e. The number of ether oxygens (including phenoxy) is 1. The molecule has 0 aliphatic carbocycles. The zero-order chi connectivity index (χ0) is 30.0. The number of amides is 1. The minimum absolute atomic E-state index is 0.161. The lowest BCUT2D eigenvalue weighted by atomic mass is 9.99. The van der Waals surface area contributed by atoms with Crippen LogP contribution in [0.3, 0.4) is 0 Å². The summed E-state index contributed by atoms with van der Waals surface area (Å²) in [6, 6.07) is 6.37. The maximum atomic E-state index is 12.3. The van der Waals surface area contributed by atoms with Gasteiger partial charge in [-0.1, -0.05) is 38.1 Å². The molecule has 0 aromatic heterocycles. The molecule has 4 rings (SSSR count). The van der Waals surface area contributed by atoms with Crippen LogP contribution < -0.4 is 11.5 Å². The normalized spacial score (nSPS) is 16.1. The summed E-state index contributed by atoms with van der Waals surface area (Å²) in [4.78, 5) is 28.3. The lowest BCUT2D eigenvalue weighted by molar-refractivity contribution is 0.0599. The van der Waals surface area contributed by atoms with E-state index in [2.05, 4.69) is 4.99 Å². The van der Waals surface area contributed by atoms with Crippen LogP contribution in [-0.4, -0.2) is 41.8 Å².